The average Bonchev–Trinajstić information content (AvgIpc) is 2.63. The summed E-state index contributed by atoms with van der Waals surface area (Å²) in [4.78, 5) is 0. The molecule has 1 nitrogen and oxygen atoms in total. The van der Waals surface area contributed by atoms with Gasteiger partial charge in [0.1, 0.15) is 0 Å². The summed E-state index contributed by atoms with van der Waals surface area (Å²) < 4.78 is 0. The van der Waals surface area contributed by atoms with E-state index < -0.39 is 0 Å². The summed E-state index contributed by atoms with van der Waals surface area (Å²) in [7, 11) is 2.00. The molecule has 21 heavy (non-hydrogen) atoms. The molecule has 1 heteroatoms. The molecule has 0 heterocycles. The lowest BCUT2D eigenvalue weighted by atomic mass is 9.92. The summed E-state index contributed by atoms with van der Waals surface area (Å²) >= 11 is 0. The Hall–Kier alpha value is -2.12. The van der Waals surface area contributed by atoms with Crippen molar-refractivity contribution in [3.63, 3.8) is 0 Å². The van der Waals surface area contributed by atoms with Crippen LogP contribution in [0.15, 0.2) is 54.6 Å². The second kappa shape index (κ2) is 6.11. The molecule has 0 radical (unpaired) electrons. The number of rotatable bonds is 3. The lowest BCUT2D eigenvalue weighted by Crippen LogP contribution is -2.06. The van der Waals surface area contributed by atoms with Crippen LogP contribution in [-0.2, 0) is 0 Å². The molecule has 0 unspecified atom stereocenters. The van der Waals surface area contributed by atoms with Crippen molar-refractivity contribution >= 4 is 17.2 Å². The van der Waals surface area contributed by atoms with Gasteiger partial charge in [0.15, 0.2) is 0 Å². The van der Waals surface area contributed by atoms with Crippen molar-refractivity contribution in [2.24, 2.45) is 0 Å². The summed E-state index contributed by atoms with van der Waals surface area (Å²) in [6, 6.07) is 17.4. The number of nitrogens with one attached hydrogen (secondary N) is 1. The summed E-state index contributed by atoms with van der Waals surface area (Å²) in [5.41, 5.74) is 8.00. The number of fused-ring (bicyclic) bond motifs is 2. The van der Waals surface area contributed by atoms with Gasteiger partial charge >= 0.3 is 0 Å². The third kappa shape index (κ3) is 2.70. The summed E-state index contributed by atoms with van der Waals surface area (Å²) in [5.74, 6) is 0. The molecule has 1 aliphatic carbocycles. The van der Waals surface area contributed by atoms with Crippen molar-refractivity contribution in [3.05, 3.63) is 76.9 Å². The van der Waals surface area contributed by atoms with Gasteiger partial charge in [-0.05, 0) is 60.3 Å². The van der Waals surface area contributed by atoms with Crippen LogP contribution in [0.5, 0.6) is 0 Å². The fourth-order valence-corrected chi connectivity index (χ4v) is 2.97. The highest BCUT2D eigenvalue weighted by Gasteiger charge is 2.16. The highest BCUT2D eigenvalue weighted by Crippen LogP contribution is 2.37. The predicted molar refractivity (Wildman–Crippen MR) is 92.1 cm³/mol. The van der Waals surface area contributed by atoms with Gasteiger partial charge in [0.2, 0.25) is 0 Å². The van der Waals surface area contributed by atoms with E-state index in [2.05, 4.69) is 72.9 Å². The Balaban J connectivity index is 2.21. The summed E-state index contributed by atoms with van der Waals surface area (Å²) in [5, 5.41) is 3.22. The monoisotopic (exact) mass is 275 g/mol. The molecule has 2 aromatic carbocycles. The molecule has 1 aliphatic rings. The first-order chi connectivity index (χ1) is 10.3. The van der Waals surface area contributed by atoms with Gasteiger partial charge in [-0.25, -0.2) is 0 Å². The maximum absolute atomic E-state index is 3.22. The number of hydrogen-bond donors (Lipinski definition) is 1. The van der Waals surface area contributed by atoms with Crippen molar-refractivity contribution < 1.29 is 0 Å². The molecule has 0 spiro atoms. The van der Waals surface area contributed by atoms with Crippen LogP contribution in [-0.4, -0.2) is 13.6 Å². The van der Waals surface area contributed by atoms with Gasteiger partial charge in [-0.1, -0.05) is 60.7 Å². The van der Waals surface area contributed by atoms with Gasteiger partial charge in [-0.3, -0.25) is 0 Å². The first kappa shape index (κ1) is 13.8. The van der Waals surface area contributed by atoms with Gasteiger partial charge in [-0.15, -0.1) is 0 Å². The van der Waals surface area contributed by atoms with E-state index in [0.717, 1.165) is 13.0 Å². The molecular weight excluding hydrogens is 254 g/mol. The molecule has 0 fully saturated rings. The van der Waals surface area contributed by atoms with Crippen LogP contribution < -0.4 is 5.32 Å². The van der Waals surface area contributed by atoms with E-state index in [4.69, 9.17) is 0 Å². The molecule has 106 valence electrons. The minimum Gasteiger partial charge on any atom is -0.319 e. The molecule has 3 rings (SSSR count). The van der Waals surface area contributed by atoms with E-state index in [0.29, 0.717) is 0 Å². The third-order valence-electron chi connectivity index (χ3n) is 4.01. The fraction of sp³-hybridized carbons (Fsp3) is 0.200. The molecular formula is C20H21N. The Bertz CT molecular complexity index is 707. The zero-order valence-corrected chi connectivity index (χ0v) is 12.7. The highest BCUT2D eigenvalue weighted by atomic mass is 14.8. The average molecular weight is 275 g/mol. The number of hydrogen-bond acceptors (Lipinski definition) is 1. The molecule has 0 amide bonds. The molecule has 0 saturated heterocycles. The van der Waals surface area contributed by atoms with Crippen LogP contribution in [0.25, 0.3) is 17.2 Å². The number of benzene rings is 2. The van der Waals surface area contributed by atoms with Crippen LogP contribution >= 0.6 is 0 Å². The lowest BCUT2D eigenvalue weighted by molar-refractivity contribution is 0.808. The zero-order chi connectivity index (χ0) is 14.7. The van der Waals surface area contributed by atoms with E-state index in [9.17, 15) is 0 Å². The molecule has 2 aromatic rings. The molecule has 0 atom stereocenters. The maximum Gasteiger partial charge on any atom is -0.00169 e. The largest absolute Gasteiger partial charge is 0.319 e. The van der Waals surface area contributed by atoms with Gasteiger partial charge < -0.3 is 5.32 Å². The highest BCUT2D eigenvalue weighted by molar-refractivity contribution is 5.97. The maximum atomic E-state index is 3.22. The van der Waals surface area contributed by atoms with Crippen LogP contribution in [0.2, 0.25) is 0 Å². The molecule has 0 bridgehead atoms. The summed E-state index contributed by atoms with van der Waals surface area (Å²) in [6.45, 7) is 3.20. The second-order valence-electron chi connectivity index (χ2n) is 5.47. The van der Waals surface area contributed by atoms with Crippen LogP contribution in [0.3, 0.4) is 0 Å². The zero-order valence-electron chi connectivity index (χ0n) is 12.7. The third-order valence-corrected chi connectivity index (χ3v) is 4.01. The Morgan fingerprint density at radius 1 is 0.905 bits per heavy atom. The van der Waals surface area contributed by atoms with Gasteiger partial charge in [-0.2, -0.15) is 0 Å². The van der Waals surface area contributed by atoms with Gasteiger partial charge in [0.25, 0.3) is 0 Å². The van der Waals surface area contributed by atoms with Crippen molar-refractivity contribution in [1.82, 2.24) is 5.32 Å². The number of allylic oxidation sites excluding steroid dienone is 1. The van der Waals surface area contributed by atoms with Crippen molar-refractivity contribution in [1.29, 1.82) is 0 Å². The van der Waals surface area contributed by atoms with E-state index in [1.54, 1.807) is 0 Å². The summed E-state index contributed by atoms with van der Waals surface area (Å²) in [6.07, 6.45) is 5.70. The minimum absolute atomic E-state index is 1.00. The Morgan fingerprint density at radius 3 is 2.33 bits per heavy atom. The van der Waals surface area contributed by atoms with Crippen molar-refractivity contribution in [2.75, 3.05) is 13.6 Å². The molecule has 0 saturated carbocycles. The Labute approximate surface area is 127 Å². The molecule has 0 aliphatic heterocycles. The van der Waals surface area contributed by atoms with E-state index >= 15 is 0 Å². The second-order valence-corrected chi connectivity index (χ2v) is 5.47. The topological polar surface area (TPSA) is 12.0 Å². The molecule has 1 N–H and O–H groups in total. The van der Waals surface area contributed by atoms with Crippen LogP contribution in [0, 0.1) is 0 Å². The predicted octanol–water partition coefficient (Wildman–Crippen LogP) is 4.60. The quantitative estimate of drug-likeness (QED) is 0.807. The Morgan fingerprint density at radius 2 is 1.57 bits per heavy atom. The minimum atomic E-state index is 1.00. The van der Waals surface area contributed by atoms with E-state index in [-0.39, 0.29) is 0 Å². The van der Waals surface area contributed by atoms with Gasteiger partial charge in [0, 0.05) is 0 Å². The van der Waals surface area contributed by atoms with E-state index in [1.165, 1.54) is 33.4 Å². The smallest absolute Gasteiger partial charge is 0.00169 e. The van der Waals surface area contributed by atoms with Crippen molar-refractivity contribution in [3.8, 4) is 0 Å². The first-order valence-electron chi connectivity index (χ1n) is 7.53. The van der Waals surface area contributed by atoms with Gasteiger partial charge in [0.05, 0.1) is 0 Å². The molecule has 0 aromatic heterocycles. The van der Waals surface area contributed by atoms with E-state index in [1.807, 2.05) is 7.05 Å². The Kier molecular flexibility index (Phi) is 4.03. The normalized spacial score (nSPS) is 15.1. The SMILES string of the molecule is CNCCC=C1c2ccccc2C=C(C)c2ccccc21. The first-order valence-corrected chi connectivity index (χ1v) is 7.53. The standard InChI is InChI=1S/C20H21N/c1-15-14-16-8-3-4-10-18(16)20(12-7-13-21-2)19-11-6-5-9-17(15)19/h3-6,8-12,14,21H,7,13H2,1-2H3. The van der Waals surface area contributed by atoms with Crippen molar-refractivity contribution in [2.45, 2.75) is 13.3 Å². The van der Waals surface area contributed by atoms with Crippen LogP contribution in [0.4, 0.5) is 0 Å². The lowest BCUT2D eigenvalue weighted by Gasteiger charge is -2.12. The fourth-order valence-electron chi connectivity index (χ4n) is 2.97. The van der Waals surface area contributed by atoms with Crippen LogP contribution in [0.1, 0.15) is 35.6 Å².